The molecule has 4 heteroatoms. The second-order valence-corrected chi connectivity index (χ2v) is 6.26. The van der Waals surface area contributed by atoms with Gasteiger partial charge in [0.1, 0.15) is 5.82 Å². The number of benzene rings is 1. The van der Waals surface area contributed by atoms with Crippen molar-refractivity contribution >= 4 is 16.6 Å². The number of hydrogen-bond acceptors (Lipinski definition) is 3. The highest BCUT2D eigenvalue weighted by atomic mass is 19.1. The summed E-state index contributed by atoms with van der Waals surface area (Å²) in [4.78, 5) is 9.43. The van der Waals surface area contributed by atoms with Gasteiger partial charge in [0, 0.05) is 49.0 Å². The molecule has 0 bridgehead atoms. The minimum Gasteiger partial charge on any atom is -0.369 e. The molecule has 2 aliphatic rings. The van der Waals surface area contributed by atoms with E-state index in [9.17, 15) is 4.39 Å². The largest absolute Gasteiger partial charge is 0.369 e. The van der Waals surface area contributed by atoms with Gasteiger partial charge in [0.15, 0.2) is 0 Å². The minimum absolute atomic E-state index is 0.195. The number of nitrogens with zero attached hydrogens (tertiary/aromatic N) is 3. The maximum absolute atomic E-state index is 13.7. The first-order chi connectivity index (χ1) is 10.7. The van der Waals surface area contributed by atoms with Crippen LogP contribution >= 0.6 is 0 Å². The van der Waals surface area contributed by atoms with Crippen molar-refractivity contribution in [2.24, 2.45) is 0 Å². The van der Waals surface area contributed by atoms with E-state index in [0.29, 0.717) is 6.04 Å². The fourth-order valence-electron chi connectivity index (χ4n) is 3.62. The van der Waals surface area contributed by atoms with Gasteiger partial charge in [-0.15, -0.1) is 0 Å². The number of hydrogen-bond donors (Lipinski definition) is 0. The second kappa shape index (κ2) is 5.36. The maximum Gasteiger partial charge on any atom is 0.124 e. The van der Waals surface area contributed by atoms with Crippen LogP contribution in [0.5, 0.6) is 0 Å². The SMILES string of the molecule is Cc1cc(N2CCC(N3CC=CC3)C2)c2cc(F)ccc2n1. The van der Waals surface area contributed by atoms with Gasteiger partial charge in [0.05, 0.1) is 5.52 Å². The summed E-state index contributed by atoms with van der Waals surface area (Å²) in [6.45, 7) is 6.16. The summed E-state index contributed by atoms with van der Waals surface area (Å²) in [6.07, 6.45) is 5.65. The number of pyridine rings is 1. The molecule has 0 spiro atoms. The maximum atomic E-state index is 13.7. The third-order valence-corrected chi connectivity index (χ3v) is 4.74. The Morgan fingerprint density at radius 2 is 2.00 bits per heavy atom. The Labute approximate surface area is 130 Å². The van der Waals surface area contributed by atoms with Crippen LogP contribution in [0.15, 0.2) is 36.4 Å². The second-order valence-electron chi connectivity index (χ2n) is 6.26. The van der Waals surface area contributed by atoms with Crippen LogP contribution in [0.2, 0.25) is 0 Å². The number of halogens is 1. The normalized spacial score (nSPS) is 22.1. The van der Waals surface area contributed by atoms with Gasteiger partial charge >= 0.3 is 0 Å². The quantitative estimate of drug-likeness (QED) is 0.794. The summed E-state index contributed by atoms with van der Waals surface area (Å²) < 4.78 is 13.7. The molecule has 0 radical (unpaired) electrons. The zero-order chi connectivity index (χ0) is 15.1. The zero-order valence-corrected chi connectivity index (χ0v) is 12.8. The summed E-state index contributed by atoms with van der Waals surface area (Å²) in [6, 6.07) is 7.56. The Hall–Kier alpha value is -1.94. The lowest BCUT2D eigenvalue weighted by Crippen LogP contribution is -2.35. The van der Waals surface area contributed by atoms with E-state index in [1.807, 2.05) is 6.92 Å². The fourth-order valence-corrected chi connectivity index (χ4v) is 3.62. The van der Waals surface area contributed by atoms with Crippen LogP contribution in [0.1, 0.15) is 12.1 Å². The van der Waals surface area contributed by atoms with Gasteiger partial charge in [0.25, 0.3) is 0 Å². The third-order valence-electron chi connectivity index (χ3n) is 4.74. The van der Waals surface area contributed by atoms with Crippen LogP contribution in [0.25, 0.3) is 10.9 Å². The number of anilines is 1. The highest BCUT2D eigenvalue weighted by Crippen LogP contribution is 2.31. The average Bonchev–Trinajstić information content (AvgIpc) is 3.17. The average molecular weight is 297 g/mol. The molecule has 2 aromatic rings. The van der Waals surface area contributed by atoms with Crippen LogP contribution in [-0.2, 0) is 0 Å². The molecule has 0 N–H and O–H groups in total. The molecule has 114 valence electrons. The van der Waals surface area contributed by atoms with Gasteiger partial charge in [0.2, 0.25) is 0 Å². The van der Waals surface area contributed by atoms with E-state index < -0.39 is 0 Å². The topological polar surface area (TPSA) is 19.4 Å². The van der Waals surface area contributed by atoms with Crippen LogP contribution in [0, 0.1) is 12.7 Å². The first-order valence-corrected chi connectivity index (χ1v) is 7.91. The Bertz CT molecular complexity index is 732. The standard InChI is InChI=1S/C18H20FN3/c1-13-10-18(16-11-14(19)4-5-17(16)20-13)22-9-6-15(12-22)21-7-2-3-8-21/h2-5,10-11,15H,6-9,12H2,1H3. The molecule has 4 rings (SSSR count). The molecule has 0 saturated carbocycles. The monoisotopic (exact) mass is 297 g/mol. The van der Waals surface area contributed by atoms with Crippen molar-refractivity contribution in [2.45, 2.75) is 19.4 Å². The van der Waals surface area contributed by atoms with E-state index in [-0.39, 0.29) is 5.82 Å². The van der Waals surface area contributed by atoms with Crippen molar-refractivity contribution in [3.63, 3.8) is 0 Å². The van der Waals surface area contributed by atoms with Crippen molar-refractivity contribution in [3.8, 4) is 0 Å². The fraction of sp³-hybridized carbons (Fsp3) is 0.389. The molecule has 1 fully saturated rings. The van der Waals surface area contributed by atoms with Gasteiger partial charge in [-0.25, -0.2) is 4.39 Å². The van der Waals surface area contributed by atoms with Crippen molar-refractivity contribution in [1.29, 1.82) is 0 Å². The van der Waals surface area contributed by atoms with Gasteiger partial charge in [-0.2, -0.15) is 0 Å². The van der Waals surface area contributed by atoms with Gasteiger partial charge in [-0.3, -0.25) is 9.88 Å². The predicted octanol–water partition coefficient (Wildman–Crippen LogP) is 3.13. The molecule has 22 heavy (non-hydrogen) atoms. The summed E-state index contributed by atoms with van der Waals surface area (Å²) in [7, 11) is 0. The number of rotatable bonds is 2. The van der Waals surface area contributed by atoms with Crippen LogP contribution in [0.4, 0.5) is 10.1 Å². The minimum atomic E-state index is -0.195. The summed E-state index contributed by atoms with van der Waals surface area (Å²) >= 11 is 0. The molecular weight excluding hydrogens is 277 g/mol. The Kier molecular flexibility index (Phi) is 3.34. The molecular formula is C18H20FN3. The first-order valence-electron chi connectivity index (χ1n) is 7.91. The van der Waals surface area contributed by atoms with Crippen LogP contribution in [-0.4, -0.2) is 42.1 Å². The Morgan fingerprint density at radius 3 is 2.82 bits per heavy atom. The molecule has 1 saturated heterocycles. The summed E-state index contributed by atoms with van der Waals surface area (Å²) in [5.74, 6) is -0.195. The molecule has 3 nitrogen and oxygen atoms in total. The van der Waals surface area contributed by atoms with E-state index in [2.05, 4.69) is 33.0 Å². The smallest absolute Gasteiger partial charge is 0.124 e. The van der Waals surface area contributed by atoms with E-state index in [4.69, 9.17) is 0 Å². The number of aromatic nitrogens is 1. The van der Waals surface area contributed by atoms with Crippen molar-refractivity contribution < 1.29 is 4.39 Å². The highest BCUT2D eigenvalue weighted by molar-refractivity contribution is 5.92. The molecule has 1 atom stereocenters. The molecule has 0 aliphatic carbocycles. The Morgan fingerprint density at radius 1 is 1.18 bits per heavy atom. The number of aryl methyl sites for hydroxylation is 1. The van der Waals surface area contributed by atoms with E-state index >= 15 is 0 Å². The van der Waals surface area contributed by atoms with E-state index in [1.165, 1.54) is 12.5 Å². The molecule has 3 heterocycles. The predicted molar refractivity (Wildman–Crippen MR) is 87.8 cm³/mol. The Balaban J connectivity index is 1.67. The molecule has 1 aromatic heterocycles. The molecule has 0 amide bonds. The van der Waals surface area contributed by atoms with Gasteiger partial charge in [-0.1, -0.05) is 12.2 Å². The van der Waals surface area contributed by atoms with E-state index in [1.54, 1.807) is 12.1 Å². The summed E-state index contributed by atoms with van der Waals surface area (Å²) in [5.41, 5.74) is 2.99. The van der Waals surface area contributed by atoms with E-state index in [0.717, 1.165) is 48.5 Å². The molecule has 1 aromatic carbocycles. The first kappa shape index (κ1) is 13.7. The third kappa shape index (κ3) is 2.37. The van der Waals surface area contributed by atoms with Crippen molar-refractivity contribution in [3.05, 3.63) is 47.9 Å². The lowest BCUT2D eigenvalue weighted by molar-refractivity contribution is 0.271. The highest BCUT2D eigenvalue weighted by Gasteiger charge is 2.29. The van der Waals surface area contributed by atoms with Gasteiger partial charge < -0.3 is 4.90 Å². The van der Waals surface area contributed by atoms with Crippen molar-refractivity contribution in [2.75, 3.05) is 31.1 Å². The molecule has 1 unspecified atom stereocenters. The summed E-state index contributed by atoms with van der Waals surface area (Å²) in [5, 5.41) is 0.922. The lowest BCUT2D eigenvalue weighted by Gasteiger charge is -2.25. The molecule has 2 aliphatic heterocycles. The lowest BCUT2D eigenvalue weighted by atomic mass is 10.1. The van der Waals surface area contributed by atoms with Crippen molar-refractivity contribution in [1.82, 2.24) is 9.88 Å². The van der Waals surface area contributed by atoms with Crippen LogP contribution in [0.3, 0.4) is 0 Å². The number of fused-ring (bicyclic) bond motifs is 1. The van der Waals surface area contributed by atoms with Gasteiger partial charge in [-0.05, 0) is 37.6 Å². The van der Waals surface area contributed by atoms with Crippen LogP contribution < -0.4 is 4.90 Å². The zero-order valence-electron chi connectivity index (χ0n) is 12.8.